The lowest BCUT2D eigenvalue weighted by molar-refractivity contribution is -0.0607. The van der Waals surface area contributed by atoms with Gasteiger partial charge in [0.25, 0.3) is 5.91 Å². The summed E-state index contributed by atoms with van der Waals surface area (Å²) in [7, 11) is 0. The smallest absolute Gasteiger partial charge is 0.251 e. The van der Waals surface area contributed by atoms with Gasteiger partial charge in [0.2, 0.25) is 0 Å². The molecule has 4 fully saturated rings. The number of rotatable bonds is 4. The number of carbonyl (C=O) groups excluding carboxylic acids is 1. The van der Waals surface area contributed by atoms with E-state index in [9.17, 15) is 4.79 Å². The molecule has 0 heterocycles. The molecule has 3 heteroatoms. The number of hydrogen-bond acceptors (Lipinski definition) is 1. The van der Waals surface area contributed by atoms with Gasteiger partial charge in [-0.15, -0.1) is 0 Å². The zero-order valence-corrected chi connectivity index (χ0v) is 14.6. The molecule has 4 aliphatic rings. The summed E-state index contributed by atoms with van der Waals surface area (Å²) in [6, 6.07) is 7.40. The molecule has 0 radical (unpaired) electrons. The van der Waals surface area contributed by atoms with Crippen molar-refractivity contribution < 1.29 is 4.79 Å². The molecule has 1 aromatic carbocycles. The average molecular weight is 332 g/mol. The summed E-state index contributed by atoms with van der Waals surface area (Å²) in [5.74, 6) is 2.94. The molecule has 1 unspecified atom stereocenters. The number of nitrogens with one attached hydrogen (secondary N) is 1. The maximum atomic E-state index is 12.4. The van der Waals surface area contributed by atoms with Crippen LogP contribution in [-0.4, -0.2) is 11.9 Å². The van der Waals surface area contributed by atoms with Crippen molar-refractivity contribution in [1.29, 1.82) is 0 Å². The molecule has 1 N–H and O–H groups in total. The van der Waals surface area contributed by atoms with E-state index in [2.05, 4.69) is 12.2 Å². The minimum atomic E-state index is 0.0268. The van der Waals surface area contributed by atoms with E-state index >= 15 is 0 Å². The number of halogens is 1. The Hall–Kier alpha value is -1.02. The Kier molecular flexibility index (Phi) is 3.91. The molecule has 4 bridgehead atoms. The second-order valence-corrected chi connectivity index (χ2v) is 8.94. The lowest BCUT2D eigenvalue weighted by atomic mass is 9.48. The Morgan fingerprint density at radius 2 is 1.65 bits per heavy atom. The summed E-state index contributed by atoms with van der Waals surface area (Å²) in [5, 5.41) is 3.88. The third-order valence-corrected chi connectivity index (χ3v) is 6.64. The first-order valence-corrected chi connectivity index (χ1v) is 9.46. The minimum Gasteiger partial charge on any atom is -0.350 e. The van der Waals surface area contributed by atoms with Gasteiger partial charge >= 0.3 is 0 Å². The summed E-state index contributed by atoms with van der Waals surface area (Å²) in [6.45, 7) is 2.17. The second kappa shape index (κ2) is 5.81. The Morgan fingerprint density at radius 3 is 2.17 bits per heavy atom. The summed E-state index contributed by atoms with van der Waals surface area (Å²) < 4.78 is 0. The molecule has 0 saturated heterocycles. The SMILES string of the molecule is CC(CC12CC3CC(CC(C3)C1)C2)NC(=O)c1ccc(Cl)cc1. The molecule has 0 aliphatic heterocycles. The lowest BCUT2D eigenvalue weighted by Gasteiger charge is -2.57. The molecule has 0 aromatic heterocycles. The molecule has 0 spiro atoms. The van der Waals surface area contributed by atoms with Crippen molar-refractivity contribution >= 4 is 17.5 Å². The van der Waals surface area contributed by atoms with Crippen molar-refractivity contribution in [2.75, 3.05) is 0 Å². The predicted molar refractivity (Wildman–Crippen MR) is 93.6 cm³/mol. The Morgan fingerprint density at radius 1 is 1.13 bits per heavy atom. The number of carbonyl (C=O) groups is 1. The fourth-order valence-corrected chi connectivity index (χ4v) is 6.27. The van der Waals surface area contributed by atoms with E-state index < -0.39 is 0 Å². The molecule has 23 heavy (non-hydrogen) atoms. The Labute approximate surface area is 144 Å². The topological polar surface area (TPSA) is 29.1 Å². The molecule has 2 nitrogen and oxygen atoms in total. The molecule has 1 atom stereocenters. The van der Waals surface area contributed by atoms with E-state index in [4.69, 9.17) is 11.6 Å². The van der Waals surface area contributed by atoms with Crippen LogP contribution in [0.1, 0.15) is 62.2 Å². The first kappa shape index (κ1) is 15.5. The van der Waals surface area contributed by atoms with Gasteiger partial charge in [0.1, 0.15) is 0 Å². The molecular weight excluding hydrogens is 306 g/mol. The second-order valence-electron chi connectivity index (χ2n) is 8.50. The van der Waals surface area contributed by atoms with Crippen molar-refractivity contribution in [2.24, 2.45) is 23.2 Å². The highest BCUT2D eigenvalue weighted by atomic mass is 35.5. The zero-order chi connectivity index (χ0) is 16.0. The normalized spacial score (nSPS) is 36.0. The van der Waals surface area contributed by atoms with Gasteiger partial charge in [0.15, 0.2) is 0 Å². The molecule has 1 amide bonds. The van der Waals surface area contributed by atoms with E-state index in [0.29, 0.717) is 16.0 Å². The predicted octanol–water partition coefficient (Wildman–Crippen LogP) is 5.06. The highest BCUT2D eigenvalue weighted by Crippen LogP contribution is 2.61. The summed E-state index contributed by atoms with van der Waals surface area (Å²) in [5.41, 5.74) is 1.22. The van der Waals surface area contributed by atoms with Crippen LogP contribution >= 0.6 is 11.6 Å². The average Bonchev–Trinajstić information content (AvgIpc) is 2.45. The van der Waals surface area contributed by atoms with Crippen LogP contribution in [0.2, 0.25) is 5.02 Å². The third-order valence-electron chi connectivity index (χ3n) is 6.39. The van der Waals surface area contributed by atoms with Crippen LogP contribution in [0.4, 0.5) is 0 Å². The van der Waals surface area contributed by atoms with Gasteiger partial charge in [-0.2, -0.15) is 0 Å². The molecule has 124 valence electrons. The zero-order valence-electron chi connectivity index (χ0n) is 13.9. The first-order valence-electron chi connectivity index (χ1n) is 9.08. The van der Waals surface area contributed by atoms with Crippen LogP contribution < -0.4 is 5.32 Å². The van der Waals surface area contributed by atoms with E-state index in [0.717, 1.165) is 24.2 Å². The first-order chi connectivity index (χ1) is 11.0. The Bertz CT molecular complexity index is 559. The van der Waals surface area contributed by atoms with Crippen LogP contribution in [0, 0.1) is 23.2 Å². The molecular formula is C20H26ClNO. The monoisotopic (exact) mass is 331 g/mol. The number of hydrogen-bond donors (Lipinski definition) is 1. The molecule has 4 saturated carbocycles. The minimum absolute atomic E-state index is 0.0268. The fourth-order valence-electron chi connectivity index (χ4n) is 6.15. The van der Waals surface area contributed by atoms with Crippen LogP contribution in [0.15, 0.2) is 24.3 Å². The van der Waals surface area contributed by atoms with Crippen LogP contribution in [0.25, 0.3) is 0 Å². The van der Waals surface area contributed by atoms with Gasteiger partial charge in [-0.1, -0.05) is 11.6 Å². The van der Waals surface area contributed by atoms with Crippen LogP contribution in [0.3, 0.4) is 0 Å². The summed E-state index contributed by atoms with van der Waals surface area (Å²) >= 11 is 5.89. The van der Waals surface area contributed by atoms with Crippen molar-refractivity contribution in [2.45, 2.75) is 57.9 Å². The van der Waals surface area contributed by atoms with Crippen molar-refractivity contribution in [1.82, 2.24) is 5.32 Å². The van der Waals surface area contributed by atoms with Crippen molar-refractivity contribution in [3.63, 3.8) is 0 Å². The molecule has 5 rings (SSSR count). The fraction of sp³-hybridized carbons (Fsp3) is 0.650. The molecule has 4 aliphatic carbocycles. The van der Waals surface area contributed by atoms with Crippen molar-refractivity contribution in [3.8, 4) is 0 Å². The largest absolute Gasteiger partial charge is 0.350 e. The van der Waals surface area contributed by atoms with E-state index in [1.165, 1.54) is 38.5 Å². The highest BCUT2D eigenvalue weighted by molar-refractivity contribution is 6.30. The third kappa shape index (κ3) is 3.15. The van der Waals surface area contributed by atoms with Gasteiger partial charge in [-0.3, -0.25) is 4.79 Å². The van der Waals surface area contributed by atoms with Gasteiger partial charge in [-0.25, -0.2) is 0 Å². The Balaban J connectivity index is 1.39. The standard InChI is InChI=1S/C20H26ClNO/c1-13(22-19(23)17-2-4-18(21)5-3-17)9-20-10-14-6-15(11-20)8-16(7-14)12-20/h2-5,13-16H,6-12H2,1H3,(H,22,23). The van der Waals surface area contributed by atoms with E-state index in [1.807, 2.05) is 0 Å². The van der Waals surface area contributed by atoms with Gasteiger partial charge in [0, 0.05) is 16.6 Å². The van der Waals surface area contributed by atoms with Gasteiger partial charge in [0.05, 0.1) is 0 Å². The van der Waals surface area contributed by atoms with E-state index in [-0.39, 0.29) is 11.9 Å². The van der Waals surface area contributed by atoms with Crippen molar-refractivity contribution in [3.05, 3.63) is 34.9 Å². The van der Waals surface area contributed by atoms with Gasteiger partial charge < -0.3 is 5.32 Å². The maximum absolute atomic E-state index is 12.4. The van der Waals surface area contributed by atoms with E-state index in [1.54, 1.807) is 24.3 Å². The lowest BCUT2D eigenvalue weighted by Crippen LogP contribution is -2.49. The maximum Gasteiger partial charge on any atom is 0.251 e. The number of amides is 1. The van der Waals surface area contributed by atoms with Gasteiger partial charge in [-0.05, 0) is 99.3 Å². The highest BCUT2D eigenvalue weighted by Gasteiger charge is 2.51. The molecule has 1 aromatic rings. The van der Waals surface area contributed by atoms with Crippen LogP contribution in [0.5, 0.6) is 0 Å². The number of benzene rings is 1. The quantitative estimate of drug-likeness (QED) is 0.820. The summed E-state index contributed by atoms with van der Waals surface area (Å²) in [6.07, 6.45) is 9.79. The van der Waals surface area contributed by atoms with Crippen LogP contribution in [-0.2, 0) is 0 Å². The summed E-state index contributed by atoms with van der Waals surface area (Å²) in [4.78, 5) is 12.4.